The number of nitrogens with one attached hydrogen (secondary N) is 1. The van der Waals surface area contributed by atoms with Crippen LogP contribution < -0.4 is 15.2 Å². The van der Waals surface area contributed by atoms with Crippen molar-refractivity contribution in [2.24, 2.45) is 0 Å². The molecule has 0 radical (unpaired) electrons. The number of benzene rings is 2. The number of anilines is 1. The van der Waals surface area contributed by atoms with Crippen LogP contribution in [0, 0.1) is 5.82 Å². The molecule has 2 aromatic rings. The molecule has 2 rings (SSSR count). The van der Waals surface area contributed by atoms with Crippen molar-refractivity contribution in [1.29, 1.82) is 0 Å². The lowest BCUT2D eigenvalue weighted by atomic mass is 10.0. The summed E-state index contributed by atoms with van der Waals surface area (Å²) in [5.41, 5.74) is 1.24. The highest BCUT2D eigenvalue weighted by Gasteiger charge is 2.27. The molecule has 0 spiro atoms. The molecule has 0 aliphatic heterocycles. The molecule has 4 nitrogen and oxygen atoms in total. The SMILES string of the molecule is C=CCN(CC=C)C(C(=O)Nc1ccc([Si](C)(C)C)c(F)c1)c1ccc(OC)cc1. The van der Waals surface area contributed by atoms with Crippen molar-refractivity contribution in [3.05, 3.63) is 79.2 Å². The van der Waals surface area contributed by atoms with Gasteiger partial charge >= 0.3 is 0 Å². The zero-order chi connectivity index (χ0) is 22.3. The molecule has 0 saturated carbocycles. The highest BCUT2D eigenvalue weighted by atomic mass is 28.3. The van der Waals surface area contributed by atoms with Crippen LogP contribution in [0.5, 0.6) is 5.75 Å². The Kier molecular flexibility index (Phi) is 8.14. The van der Waals surface area contributed by atoms with E-state index in [1.807, 2.05) is 29.2 Å². The second-order valence-corrected chi connectivity index (χ2v) is 13.2. The average molecular weight is 427 g/mol. The van der Waals surface area contributed by atoms with Crippen molar-refractivity contribution < 1.29 is 13.9 Å². The normalized spacial score (nSPS) is 12.3. The Hall–Kier alpha value is -2.70. The summed E-state index contributed by atoms with van der Waals surface area (Å²) >= 11 is 0. The van der Waals surface area contributed by atoms with Crippen LogP contribution in [0.3, 0.4) is 0 Å². The van der Waals surface area contributed by atoms with Crippen LogP contribution in [0.25, 0.3) is 0 Å². The largest absolute Gasteiger partial charge is 0.497 e. The number of hydrogen-bond acceptors (Lipinski definition) is 3. The fourth-order valence-corrected chi connectivity index (χ4v) is 4.71. The average Bonchev–Trinajstić information content (AvgIpc) is 2.68. The smallest absolute Gasteiger partial charge is 0.246 e. The van der Waals surface area contributed by atoms with Crippen molar-refractivity contribution >= 4 is 24.9 Å². The number of halogens is 1. The van der Waals surface area contributed by atoms with Crippen LogP contribution in [0.1, 0.15) is 11.6 Å². The molecule has 0 bridgehead atoms. The van der Waals surface area contributed by atoms with Crippen LogP contribution in [-0.2, 0) is 4.79 Å². The Balaban J connectivity index is 2.37. The number of methoxy groups -OCH3 is 1. The quantitative estimate of drug-likeness (QED) is 0.441. The third kappa shape index (κ3) is 5.90. The minimum Gasteiger partial charge on any atom is -0.497 e. The lowest BCUT2D eigenvalue weighted by molar-refractivity contribution is -0.121. The summed E-state index contributed by atoms with van der Waals surface area (Å²) in [7, 11) is -0.197. The summed E-state index contributed by atoms with van der Waals surface area (Å²) in [5.74, 6) is 0.187. The van der Waals surface area contributed by atoms with Crippen LogP contribution in [0.2, 0.25) is 19.6 Å². The Morgan fingerprint density at radius 2 is 1.73 bits per heavy atom. The summed E-state index contributed by atoms with van der Waals surface area (Å²) in [6, 6.07) is 11.7. The first-order valence-electron chi connectivity index (χ1n) is 9.92. The highest BCUT2D eigenvalue weighted by molar-refractivity contribution is 6.88. The van der Waals surface area contributed by atoms with Crippen LogP contribution in [0.15, 0.2) is 67.8 Å². The van der Waals surface area contributed by atoms with Crippen molar-refractivity contribution in [2.45, 2.75) is 25.7 Å². The fourth-order valence-electron chi connectivity index (χ4n) is 3.34. The number of rotatable bonds is 10. The van der Waals surface area contributed by atoms with E-state index in [0.717, 1.165) is 10.8 Å². The zero-order valence-corrected chi connectivity index (χ0v) is 19.2. The molecule has 0 fully saturated rings. The van der Waals surface area contributed by atoms with E-state index in [4.69, 9.17) is 4.74 Å². The van der Waals surface area contributed by atoms with E-state index < -0.39 is 14.1 Å². The third-order valence-corrected chi connectivity index (χ3v) is 6.84. The van der Waals surface area contributed by atoms with E-state index in [-0.39, 0.29) is 11.7 Å². The van der Waals surface area contributed by atoms with Gasteiger partial charge in [0.25, 0.3) is 0 Å². The Morgan fingerprint density at radius 3 is 2.20 bits per heavy atom. The molecule has 0 aliphatic rings. The minimum atomic E-state index is -1.79. The molecular weight excluding hydrogens is 395 g/mol. The predicted octanol–water partition coefficient (Wildman–Crippen LogP) is 4.73. The number of carbonyl (C=O) groups is 1. The van der Waals surface area contributed by atoms with Gasteiger partial charge in [-0.1, -0.05) is 50.0 Å². The summed E-state index contributed by atoms with van der Waals surface area (Å²) in [4.78, 5) is 15.2. The van der Waals surface area contributed by atoms with E-state index in [0.29, 0.717) is 24.5 Å². The standard InChI is InChI=1S/C24H31FN2O2Si/c1-7-15-27(16-8-2)23(18-9-12-20(29-3)13-10-18)24(28)26-19-11-14-22(21(25)17-19)30(4,5)6/h7-14,17,23H,1-2,15-16H2,3-6H3,(H,26,28). The zero-order valence-electron chi connectivity index (χ0n) is 18.2. The summed E-state index contributed by atoms with van der Waals surface area (Å²) in [6.45, 7) is 14.9. The van der Waals surface area contributed by atoms with Crippen LogP contribution in [0.4, 0.5) is 10.1 Å². The number of amides is 1. The van der Waals surface area contributed by atoms with Crippen LogP contribution in [-0.4, -0.2) is 39.1 Å². The molecule has 1 atom stereocenters. The molecule has 6 heteroatoms. The highest BCUT2D eigenvalue weighted by Crippen LogP contribution is 2.25. The van der Waals surface area contributed by atoms with Crippen LogP contribution >= 0.6 is 0 Å². The molecule has 0 aliphatic carbocycles. The van der Waals surface area contributed by atoms with E-state index in [2.05, 4.69) is 38.1 Å². The van der Waals surface area contributed by atoms with Crippen molar-refractivity contribution in [2.75, 3.05) is 25.5 Å². The molecule has 1 unspecified atom stereocenters. The maximum atomic E-state index is 14.6. The summed E-state index contributed by atoms with van der Waals surface area (Å²) in [5, 5.41) is 3.62. The monoisotopic (exact) mass is 426 g/mol. The third-order valence-electron chi connectivity index (χ3n) is 4.82. The van der Waals surface area contributed by atoms with Gasteiger partial charge in [0.1, 0.15) is 17.6 Å². The summed E-state index contributed by atoms with van der Waals surface area (Å²) in [6.07, 6.45) is 3.49. The van der Waals surface area contributed by atoms with Gasteiger partial charge in [-0.25, -0.2) is 4.39 Å². The van der Waals surface area contributed by atoms with Gasteiger partial charge in [-0.3, -0.25) is 9.69 Å². The number of nitrogens with zero attached hydrogens (tertiary/aromatic N) is 1. The molecule has 1 amide bonds. The molecule has 160 valence electrons. The van der Waals surface area contributed by atoms with Gasteiger partial charge in [0.15, 0.2) is 0 Å². The molecule has 30 heavy (non-hydrogen) atoms. The van der Waals surface area contributed by atoms with Gasteiger partial charge in [0, 0.05) is 18.8 Å². The molecule has 0 saturated heterocycles. The van der Waals surface area contributed by atoms with E-state index in [9.17, 15) is 9.18 Å². The predicted molar refractivity (Wildman–Crippen MR) is 126 cm³/mol. The summed E-state index contributed by atoms with van der Waals surface area (Å²) < 4.78 is 19.9. The first-order chi connectivity index (χ1) is 14.2. The van der Waals surface area contributed by atoms with E-state index in [1.54, 1.807) is 31.4 Å². The number of hydrogen-bond donors (Lipinski definition) is 1. The Morgan fingerprint density at radius 1 is 1.13 bits per heavy atom. The molecule has 2 aromatic carbocycles. The number of carbonyl (C=O) groups excluding carboxylic acids is 1. The lowest BCUT2D eigenvalue weighted by Gasteiger charge is -2.29. The van der Waals surface area contributed by atoms with E-state index >= 15 is 0 Å². The molecule has 0 aromatic heterocycles. The molecule has 1 N–H and O–H groups in total. The second kappa shape index (κ2) is 10.4. The first kappa shape index (κ1) is 23.6. The maximum Gasteiger partial charge on any atom is 0.246 e. The number of ether oxygens (including phenoxy) is 1. The van der Waals surface area contributed by atoms with Gasteiger partial charge in [0.05, 0.1) is 15.2 Å². The van der Waals surface area contributed by atoms with Gasteiger partial charge in [-0.15, -0.1) is 13.2 Å². The van der Waals surface area contributed by atoms with Gasteiger partial charge in [-0.05, 0) is 35.0 Å². The van der Waals surface area contributed by atoms with Gasteiger partial charge < -0.3 is 10.1 Å². The first-order valence-corrected chi connectivity index (χ1v) is 13.4. The Bertz CT molecular complexity index is 881. The lowest BCUT2D eigenvalue weighted by Crippen LogP contribution is -2.40. The van der Waals surface area contributed by atoms with Crippen molar-refractivity contribution in [1.82, 2.24) is 4.90 Å². The minimum absolute atomic E-state index is 0.246. The Labute approximate surface area is 180 Å². The van der Waals surface area contributed by atoms with Gasteiger partial charge in [-0.2, -0.15) is 0 Å². The molecular formula is C24H31FN2O2Si. The van der Waals surface area contributed by atoms with Crippen molar-refractivity contribution in [3.8, 4) is 5.75 Å². The molecule has 0 heterocycles. The fraction of sp³-hybridized carbons (Fsp3) is 0.292. The van der Waals surface area contributed by atoms with Gasteiger partial charge in [0.2, 0.25) is 5.91 Å². The second-order valence-electron chi connectivity index (χ2n) is 8.14. The van der Waals surface area contributed by atoms with Crippen molar-refractivity contribution in [3.63, 3.8) is 0 Å². The topological polar surface area (TPSA) is 41.6 Å². The van der Waals surface area contributed by atoms with E-state index in [1.165, 1.54) is 6.07 Å². The maximum absolute atomic E-state index is 14.6.